The maximum Gasteiger partial charge on any atom is 0.0575 e. The van der Waals surface area contributed by atoms with Gasteiger partial charge in [0.05, 0.1) is 6.10 Å². The summed E-state index contributed by atoms with van der Waals surface area (Å²) < 4.78 is 6.07. The fourth-order valence-corrected chi connectivity index (χ4v) is 5.86. The molecule has 0 aliphatic heterocycles. The van der Waals surface area contributed by atoms with Gasteiger partial charge >= 0.3 is 0 Å². The highest BCUT2D eigenvalue weighted by molar-refractivity contribution is 4.60. The predicted octanol–water partition coefficient (Wildman–Crippen LogP) is 13.5. The molecule has 0 saturated heterocycles. The van der Waals surface area contributed by atoms with E-state index in [1.807, 2.05) is 0 Å². The summed E-state index contributed by atoms with van der Waals surface area (Å²) >= 11 is 0. The van der Waals surface area contributed by atoms with E-state index in [1.165, 1.54) is 199 Å². The van der Waals surface area contributed by atoms with Crippen LogP contribution in [0.4, 0.5) is 0 Å². The zero-order valence-electron chi connectivity index (χ0n) is 26.6. The summed E-state index contributed by atoms with van der Waals surface area (Å²) in [5, 5.41) is 0. The van der Waals surface area contributed by atoms with Gasteiger partial charge in [0.1, 0.15) is 0 Å². The highest BCUT2D eigenvalue weighted by atomic mass is 16.5. The normalized spacial score (nSPS) is 12.4. The largest absolute Gasteiger partial charge is 0.379 e. The van der Waals surface area contributed by atoms with E-state index in [1.54, 1.807) is 0 Å². The number of hydrogen-bond donors (Lipinski definition) is 0. The van der Waals surface area contributed by atoms with Crippen molar-refractivity contribution in [1.29, 1.82) is 0 Å². The van der Waals surface area contributed by atoms with E-state index in [2.05, 4.69) is 20.8 Å². The van der Waals surface area contributed by atoms with Crippen LogP contribution in [0.3, 0.4) is 0 Å². The van der Waals surface area contributed by atoms with Gasteiger partial charge in [-0.1, -0.05) is 200 Å². The molecule has 224 valence electrons. The second kappa shape index (κ2) is 34.0. The van der Waals surface area contributed by atoms with E-state index >= 15 is 0 Å². The van der Waals surface area contributed by atoms with Crippen LogP contribution in [-0.2, 0) is 4.74 Å². The SMILES string of the molecule is CCCCCCCCCCCCCCCCCC(CCCCCCCCCCCCCCCC)OCC. The molecule has 1 nitrogen and oxygen atoms in total. The van der Waals surface area contributed by atoms with E-state index in [-0.39, 0.29) is 0 Å². The van der Waals surface area contributed by atoms with Gasteiger partial charge in [-0.3, -0.25) is 0 Å². The van der Waals surface area contributed by atoms with Crippen LogP contribution in [0.2, 0.25) is 0 Å². The molecular formula is C36H74O. The van der Waals surface area contributed by atoms with Gasteiger partial charge in [-0.05, 0) is 19.8 Å². The van der Waals surface area contributed by atoms with Gasteiger partial charge in [0.25, 0.3) is 0 Å². The van der Waals surface area contributed by atoms with Gasteiger partial charge in [0, 0.05) is 6.61 Å². The first-order valence-electron chi connectivity index (χ1n) is 18.0. The fraction of sp³-hybridized carbons (Fsp3) is 1.00. The molecule has 0 bridgehead atoms. The molecule has 0 N–H and O–H groups in total. The Hall–Kier alpha value is -0.0400. The lowest BCUT2D eigenvalue weighted by Gasteiger charge is -2.17. The van der Waals surface area contributed by atoms with E-state index in [9.17, 15) is 0 Å². The minimum absolute atomic E-state index is 0.532. The number of hydrogen-bond acceptors (Lipinski definition) is 1. The standard InChI is InChI=1S/C36H74O/c1-4-7-9-11-13-15-17-19-21-23-25-27-29-31-33-35-36(37-6-3)34-32-30-28-26-24-22-20-18-16-14-12-10-8-5-2/h36H,4-35H2,1-3H3. The average Bonchev–Trinajstić information content (AvgIpc) is 2.91. The quantitative estimate of drug-likeness (QED) is 0.0778. The predicted molar refractivity (Wildman–Crippen MR) is 170 cm³/mol. The first-order chi connectivity index (χ1) is 18.3. The van der Waals surface area contributed by atoms with Gasteiger partial charge in [0.15, 0.2) is 0 Å². The minimum atomic E-state index is 0.532. The molecule has 1 unspecified atom stereocenters. The first kappa shape index (κ1) is 37.0. The summed E-state index contributed by atoms with van der Waals surface area (Å²) in [4.78, 5) is 0. The Morgan fingerprint density at radius 1 is 0.297 bits per heavy atom. The van der Waals surface area contributed by atoms with Crippen LogP contribution >= 0.6 is 0 Å². The topological polar surface area (TPSA) is 9.23 Å². The van der Waals surface area contributed by atoms with Crippen molar-refractivity contribution in [3.8, 4) is 0 Å². The molecule has 0 fully saturated rings. The Kier molecular flexibility index (Phi) is 34.0. The average molecular weight is 523 g/mol. The van der Waals surface area contributed by atoms with E-state index in [4.69, 9.17) is 4.74 Å². The zero-order valence-corrected chi connectivity index (χ0v) is 26.6. The van der Waals surface area contributed by atoms with Crippen molar-refractivity contribution in [3.05, 3.63) is 0 Å². The van der Waals surface area contributed by atoms with Crippen LogP contribution < -0.4 is 0 Å². The van der Waals surface area contributed by atoms with Crippen molar-refractivity contribution in [2.75, 3.05) is 6.61 Å². The number of unbranched alkanes of at least 4 members (excludes halogenated alkanes) is 27. The molecule has 0 aromatic heterocycles. The van der Waals surface area contributed by atoms with E-state index in [0.717, 1.165) is 6.61 Å². The van der Waals surface area contributed by atoms with Crippen molar-refractivity contribution >= 4 is 0 Å². The van der Waals surface area contributed by atoms with Crippen molar-refractivity contribution < 1.29 is 4.74 Å². The number of rotatable bonds is 33. The maximum absolute atomic E-state index is 6.07. The summed E-state index contributed by atoms with van der Waals surface area (Å²) in [6.45, 7) is 7.67. The summed E-state index contributed by atoms with van der Waals surface area (Å²) in [5.41, 5.74) is 0. The molecule has 0 heterocycles. The Morgan fingerprint density at radius 2 is 0.514 bits per heavy atom. The third-order valence-electron chi connectivity index (χ3n) is 8.41. The van der Waals surface area contributed by atoms with E-state index < -0.39 is 0 Å². The first-order valence-corrected chi connectivity index (χ1v) is 18.0. The second-order valence-corrected chi connectivity index (χ2v) is 12.2. The number of ether oxygens (including phenoxy) is 1. The zero-order chi connectivity index (χ0) is 26.9. The van der Waals surface area contributed by atoms with Crippen molar-refractivity contribution in [2.24, 2.45) is 0 Å². The van der Waals surface area contributed by atoms with Gasteiger partial charge in [0.2, 0.25) is 0 Å². The summed E-state index contributed by atoms with van der Waals surface area (Å²) in [7, 11) is 0. The molecule has 0 amide bonds. The summed E-state index contributed by atoms with van der Waals surface area (Å²) in [6.07, 6.45) is 45.1. The van der Waals surface area contributed by atoms with E-state index in [0.29, 0.717) is 6.10 Å². The molecule has 1 atom stereocenters. The van der Waals surface area contributed by atoms with Crippen LogP contribution in [0.1, 0.15) is 220 Å². The Balaban J connectivity index is 3.36. The lowest BCUT2D eigenvalue weighted by Crippen LogP contribution is -2.12. The Morgan fingerprint density at radius 3 is 0.730 bits per heavy atom. The molecule has 37 heavy (non-hydrogen) atoms. The van der Waals surface area contributed by atoms with Gasteiger partial charge in [-0.2, -0.15) is 0 Å². The maximum atomic E-state index is 6.07. The molecule has 0 aromatic rings. The molecule has 0 aliphatic carbocycles. The summed E-state index contributed by atoms with van der Waals surface area (Å²) in [5.74, 6) is 0. The van der Waals surface area contributed by atoms with Crippen LogP contribution in [-0.4, -0.2) is 12.7 Å². The minimum Gasteiger partial charge on any atom is -0.379 e. The molecular weight excluding hydrogens is 448 g/mol. The molecule has 0 saturated carbocycles. The second-order valence-electron chi connectivity index (χ2n) is 12.2. The van der Waals surface area contributed by atoms with Crippen molar-refractivity contribution in [1.82, 2.24) is 0 Å². The molecule has 1 heteroatoms. The Bertz CT molecular complexity index is 379. The fourth-order valence-electron chi connectivity index (χ4n) is 5.86. The molecule has 0 aliphatic rings. The molecule has 0 rings (SSSR count). The van der Waals surface area contributed by atoms with Crippen LogP contribution in [0.15, 0.2) is 0 Å². The van der Waals surface area contributed by atoms with Gasteiger partial charge < -0.3 is 4.74 Å². The monoisotopic (exact) mass is 523 g/mol. The third kappa shape index (κ3) is 32.1. The van der Waals surface area contributed by atoms with Crippen molar-refractivity contribution in [3.63, 3.8) is 0 Å². The smallest absolute Gasteiger partial charge is 0.0575 e. The highest BCUT2D eigenvalue weighted by Crippen LogP contribution is 2.18. The van der Waals surface area contributed by atoms with Crippen LogP contribution in [0.5, 0.6) is 0 Å². The molecule has 0 radical (unpaired) electrons. The molecule has 0 aromatic carbocycles. The highest BCUT2D eigenvalue weighted by Gasteiger charge is 2.08. The van der Waals surface area contributed by atoms with Crippen LogP contribution in [0, 0.1) is 0 Å². The Labute approximate surface area is 237 Å². The lowest BCUT2D eigenvalue weighted by molar-refractivity contribution is 0.0470. The lowest BCUT2D eigenvalue weighted by atomic mass is 10.0. The van der Waals surface area contributed by atoms with Crippen LogP contribution in [0.25, 0.3) is 0 Å². The summed E-state index contributed by atoms with van der Waals surface area (Å²) in [6, 6.07) is 0. The van der Waals surface area contributed by atoms with Crippen molar-refractivity contribution in [2.45, 2.75) is 226 Å². The van der Waals surface area contributed by atoms with Gasteiger partial charge in [-0.15, -0.1) is 0 Å². The van der Waals surface area contributed by atoms with Gasteiger partial charge in [-0.25, -0.2) is 0 Å². The molecule has 0 spiro atoms. The third-order valence-corrected chi connectivity index (χ3v) is 8.41.